The first-order valence-corrected chi connectivity index (χ1v) is 9.80. The summed E-state index contributed by atoms with van der Waals surface area (Å²) in [4.78, 5) is 24.7. The molecular formula is C20H30ClN3O3. The smallest absolute Gasteiger partial charge is 0.252 e. The summed E-state index contributed by atoms with van der Waals surface area (Å²) in [5.41, 5.74) is 0.870. The average molecular weight is 396 g/mol. The Morgan fingerprint density at radius 2 is 2.00 bits per heavy atom. The van der Waals surface area contributed by atoms with Crippen molar-refractivity contribution < 1.29 is 14.3 Å². The van der Waals surface area contributed by atoms with E-state index in [1.165, 1.54) is 0 Å². The summed E-state index contributed by atoms with van der Waals surface area (Å²) >= 11 is 6.22. The van der Waals surface area contributed by atoms with E-state index < -0.39 is 0 Å². The van der Waals surface area contributed by atoms with E-state index in [4.69, 9.17) is 16.3 Å². The molecule has 0 bridgehead atoms. The van der Waals surface area contributed by atoms with Gasteiger partial charge in [0, 0.05) is 31.2 Å². The Balaban J connectivity index is 2.04. The highest BCUT2D eigenvalue weighted by Gasteiger charge is 2.32. The lowest BCUT2D eigenvalue weighted by molar-refractivity contribution is -0.116. The van der Waals surface area contributed by atoms with Gasteiger partial charge in [0.25, 0.3) is 5.91 Å². The topological polar surface area (TPSA) is 79.5 Å². The van der Waals surface area contributed by atoms with Crippen LogP contribution in [-0.2, 0) is 9.53 Å². The van der Waals surface area contributed by atoms with Crippen molar-refractivity contribution in [3.63, 3.8) is 0 Å². The fourth-order valence-electron chi connectivity index (χ4n) is 3.36. The van der Waals surface area contributed by atoms with E-state index in [9.17, 15) is 9.59 Å². The maximum atomic E-state index is 12.7. The van der Waals surface area contributed by atoms with E-state index in [-0.39, 0.29) is 23.1 Å². The Bertz CT molecular complexity index is 652. The molecule has 150 valence electrons. The molecule has 3 N–H and O–H groups in total. The van der Waals surface area contributed by atoms with Crippen LogP contribution in [-0.4, -0.2) is 45.2 Å². The van der Waals surface area contributed by atoms with Gasteiger partial charge in [-0.05, 0) is 50.0 Å². The second kappa shape index (κ2) is 10.1. The van der Waals surface area contributed by atoms with Crippen molar-refractivity contribution in [2.75, 3.05) is 38.7 Å². The van der Waals surface area contributed by atoms with Gasteiger partial charge in [-0.15, -0.1) is 0 Å². The number of carbonyl (C=O) groups excluding carboxylic acids is 2. The van der Waals surface area contributed by atoms with Crippen molar-refractivity contribution in [1.29, 1.82) is 0 Å². The van der Waals surface area contributed by atoms with E-state index in [2.05, 4.69) is 16.0 Å². The number of ether oxygens (including phenoxy) is 1. The lowest BCUT2D eigenvalue weighted by Gasteiger charge is -2.37. The molecule has 7 heteroatoms. The van der Waals surface area contributed by atoms with Crippen LogP contribution >= 0.6 is 11.6 Å². The maximum Gasteiger partial charge on any atom is 0.252 e. The van der Waals surface area contributed by atoms with Crippen LogP contribution < -0.4 is 16.0 Å². The monoisotopic (exact) mass is 395 g/mol. The van der Waals surface area contributed by atoms with Gasteiger partial charge in [-0.1, -0.05) is 25.4 Å². The SMILES string of the molecule is COCC1(CNC(=O)c2cc(NC(=O)CC(C)C)ccc2Cl)CCNCC1. The molecule has 1 saturated heterocycles. The van der Waals surface area contributed by atoms with Crippen molar-refractivity contribution in [1.82, 2.24) is 10.6 Å². The minimum atomic E-state index is -0.242. The molecule has 1 aromatic carbocycles. The van der Waals surface area contributed by atoms with Gasteiger partial charge in [-0.25, -0.2) is 0 Å². The number of halogens is 1. The predicted molar refractivity (Wildman–Crippen MR) is 108 cm³/mol. The van der Waals surface area contributed by atoms with Crippen molar-refractivity contribution in [3.05, 3.63) is 28.8 Å². The van der Waals surface area contributed by atoms with Gasteiger partial charge in [-0.2, -0.15) is 0 Å². The fraction of sp³-hybridized carbons (Fsp3) is 0.600. The van der Waals surface area contributed by atoms with E-state index in [0.717, 1.165) is 25.9 Å². The number of anilines is 1. The van der Waals surface area contributed by atoms with E-state index in [1.54, 1.807) is 25.3 Å². The summed E-state index contributed by atoms with van der Waals surface area (Å²) in [7, 11) is 1.69. The Labute approximate surface area is 166 Å². The predicted octanol–water partition coefficient (Wildman–Crippen LogP) is 3.07. The molecule has 0 aliphatic carbocycles. The normalized spacial score (nSPS) is 16.2. The molecule has 1 aromatic rings. The van der Waals surface area contributed by atoms with Crippen LogP contribution in [0.25, 0.3) is 0 Å². The summed E-state index contributed by atoms with van der Waals surface area (Å²) < 4.78 is 5.39. The zero-order valence-electron chi connectivity index (χ0n) is 16.4. The molecule has 0 atom stereocenters. The minimum absolute atomic E-state index is 0.0643. The molecule has 0 unspecified atom stereocenters. The van der Waals surface area contributed by atoms with Gasteiger partial charge in [-0.3, -0.25) is 9.59 Å². The summed E-state index contributed by atoms with van der Waals surface area (Å²) in [5.74, 6) is -0.0524. The maximum absolute atomic E-state index is 12.7. The third-order valence-electron chi connectivity index (χ3n) is 4.83. The number of hydrogen-bond donors (Lipinski definition) is 3. The van der Waals surface area contributed by atoms with E-state index in [0.29, 0.717) is 35.8 Å². The molecular weight excluding hydrogens is 366 g/mol. The zero-order valence-corrected chi connectivity index (χ0v) is 17.1. The molecule has 0 aromatic heterocycles. The third-order valence-corrected chi connectivity index (χ3v) is 5.16. The number of amides is 2. The molecule has 1 heterocycles. The number of carbonyl (C=O) groups is 2. The van der Waals surface area contributed by atoms with Crippen molar-refractivity contribution in [2.45, 2.75) is 33.1 Å². The molecule has 6 nitrogen and oxygen atoms in total. The zero-order chi connectivity index (χ0) is 19.9. The number of hydrogen-bond acceptors (Lipinski definition) is 4. The number of nitrogens with one attached hydrogen (secondary N) is 3. The fourth-order valence-corrected chi connectivity index (χ4v) is 3.56. The first kappa shape index (κ1) is 21.7. The van der Waals surface area contributed by atoms with Gasteiger partial charge in [0.05, 0.1) is 17.2 Å². The molecule has 1 fully saturated rings. The third kappa shape index (κ3) is 6.48. The molecule has 1 aliphatic heterocycles. The Morgan fingerprint density at radius 3 is 2.63 bits per heavy atom. The number of benzene rings is 1. The highest BCUT2D eigenvalue weighted by molar-refractivity contribution is 6.34. The second-order valence-electron chi connectivity index (χ2n) is 7.71. The van der Waals surface area contributed by atoms with Crippen LogP contribution in [0.15, 0.2) is 18.2 Å². The summed E-state index contributed by atoms with van der Waals surface area (Å²) in [5, 5.41) is 9.52. The van der Waals surface area contributed by atoms with Crippen LogP contribution in [0.2, 0.25) is 5.02 Å². The van der Waals surface area contributed by atoms with Gasteiger partial charge in [0.2, 0.25) is 5.91 Å². The molecule has 2 rings (SSSR count). The molecule has 2 amide bonds. The number of piperidine rings is 1. The largest absolute Gasteiger partial charge is 0.384 e. The van der Waals surface area contributed by atoms with E-state index in [1.807, 2.05) is 13.8 Å². The highest BCUT2D eigenvalue weighted by Crippen LogP contribution is 2.29. The van der Waals surface area contributed by atoms with Gasteiger partial charge >= 0.3 is 0 Å². The second-order valence-corrected chi connectivity index (χ2v) is 8.11. The first-order valence-electron chi connectivity index (χ1n) is 9.42. The van der Waals surface area contributed by atoms with Crippen LogP contribution in [0.5, 0.6) is 0 Å². The summed E-state index contributed by atoms with van der Waals surface area (Å²) in [6.07, 6.45) is 2.32. The molecule has 0 saturated carbocycles. The Hall–Kier alpha value is -1.63. The molecule has 0 spiro atoms. The van der Waals surface area contributed by atoms with Gasteiger partial charge in [0.15, 0.2) is 0 Å². The summed E-state index contributed by atoms with van der Waals surface area (Å²) in [6, 6.07) is 4.97. The van der Waals surface area contributed by atoms with Crippen LogP contribution in [0.4, 0.5) is 5.69 Å². The van der Waals surface area contributed by atoms with Crippen LogP contribution in [0.3, 0.4) is 0 Å². The minimum Gasteiger partial charge on any atom is -0.384 e. The lowest BCUT2D eigenvalue weighted by atomic mass is 9.79. The average Bonchev–Trinajstić information content (AvgIpc) is 2.62. The quantitative estimate of drug-likeness (QED) is 0.632. The Morgan fingerprint density at radius 1 is 1.30 bits per heavy atom. The highest BCUT2D eigenvalue weighted by atomic mass is 35.5. The lowest BCUT2D eigenvalue weighted by Crippen LogP contribution is -2.47. The summed E-state index contributed by atoms with van der Waals surface area (Å²) in [6.45, 7) is 6.93. The van der Waals surface area contributed by atoms with Crippen LogP contribution in [0, 0.1) is 11.3 Å². The standard InChI is InChI=1S/C20H30ClN3O3/c1-14(2)10-18(25)24-15-4-5-17(21)16(11-15)19(26)23-12-20(13-27-3)6-8-22-9-7-20/h4-5,11,14,22H,6-10,12-13H2,1-3H3,(H,23,26)(H,24,25). The Kier molecular flexibility index (Phi) is 8.07. The number of methoxy groups -OCH3 is 1. The van der Waals surface area contributed by atoms with Crippen molar-refractivity contribution >= 4 is 29.1 Å². The molecule has 27 heavy (non-hydrogen) atoms. The number of rotatable bonds is 8. The first-order chi connectivity index (χ1) is 12.8. The van der Waals surface area contributed by atoms with Gasteiger partial charge in [0.1, 0.15) is 0 Å². The molecule has 1 aliphatic rings. The van der Waals surface area contributed by atoms with Crippen molar-refractivity contribution in [2.24, 2.45) is 11.3 Å². The van der Waals surface area contributed by atoms with Crippen LogP contribution in [0.1, 0.15) is 43.5 Å². The van der Waals surface area contributed by atoms with Gasteiger partial charge < -0.3 is 20.7 Å². The van der Waals surface area contributed by atoms with E-state index >= 15 is 0 Å². The van der Waals surface area contributed by atoms with Crippen molar-refractivity contribution in [3.8, 4) is 0 Å². The molecule has 0 radical (unpaired) electrons.